The lowest BCUT2D eigenvalue weighted by Crippen LogP contribution is -2.31. The summed E-state index contributed by atoms with van der Waals surface area (Å²) in [5.74, 6) is 0.655. The van der Waals surface area contributed by atoms with Crippen LogP contribution < -0.4 is 4.74 Å². The summed E-state index contributed by atoms with van der Waals surface area (Å²) in [5.41, 5.74) is 1.64. The second-order valence-electron chi connectivity index (χ2n) is 5.33. The third kappa shape index (κ3) is 3.28. The molecule has 0 amide bonds. The molecule has 1 N–H and O–H groups in total. The molecule has 1 heterocycles. The second-order valence-corrected chi connectivity index (χ2v) is 5.33. The maximum Gasteiger partial charge on any atom is 0.325 e. The molecule has 1 aromatic heterocycles. The van der Waals surface area contributed by atoms with Crippen LogP contribution in [0.4, 0.5) is 0 Å². The molecule has 0 aliphatic heterocycles. The quantitative estimate of drug-likeness (QED) is 0.884. The highest BCUT2D eigenvalue weighted by Crippen LogP contribution is 2.27. The number of carboxylic acids is 1. The van der Waals surface area contributed by atoms with E-state index in [2.05, 4.69) is 4.98 Å². The minimum Gasteiger partial charge on any atom is -0.497 e. The van der Waals surface area contributed by atoms with E-state index in [1.165, 1.54) is 0 Å². The standard InChI is InChI=1S/C16H21N3O3/c1-11-9-12(22-4)5-6-13(11)15(16(20)21)19(3)10-14-17-7-8-18(14)2/h5-9,15H,10H2,1-4H3,(H,20,21). The lowest BCUT2D eigenvalue weighted by Gasteiger charge is -2.26. The monoisotopic (exact) mass is 303 g/mol. The average molecular weight is 303 g/mol. The van der Waals surface area contributed by atoms with Gasteiger partial charge in [-0.05, 0) is 37.2 Å². The fourth-order valence-electron chi connectivity index (χ4n) is 2.50. The molecular formula is C16H21N3O3. The van der Waals surface area contributed by atoms with Gasteiger partial charge in [-0.2, -0.15) is 0 Å². The molecule has 2 rings (SSSR count). The Kier molecular flexibility index (Phi) is 4.82. The molecule has 118 valence electrons. The second kappa shape index (κ2) is 6.62. The summed E-state index contributed by atoms with van der Waals surface area (Å²) in [6.07, 6.45) is 3.55. The van der Waals surface area contributed by atoms with Crippen LogP contribution in [0.1, 0.15) is 23.0 Å². The highest BCUT2D eigenvalue weighted by molar-refractivity contribution is 5.76. The zero-order valence-electron chi connectivity index (χ0n) is 13.3. The zero-order chi connectivity index (χ0) is 16.3. The van der Waals surface area contributed by atoms with Crippen LogP contribution in [0.3, 0.4) is 0 Å². The molecule has 0 aliphatic rings. The molecule has 0 fully saturated rings. The lowest BCUT2D eigenvalue weighted by atomic mass is 10.00. The van der Waals surface area contributed by atoms with E-state index in [0.29, 0.717) is 6.54 Å². The van der Waals surface area contributed by atoms with E-state index in [4.69, 9.17) is 4.74 Å². The minimum absolute atomic E-state index is 0.450. The number of hydrogen-bond acceptors (Lipinski definition) is 4. The molecule has 0 saturated heterocycles. The predicted octanol–water partition coefficient (Wildman–Crippen LogP) is 1.99. The smallest absolute Gasteiger partial charge is 0.325 e. The summed E-state index contributed by atoms with van der Waals surface area (Å²) in [6.45, 7) is 2.34. The number of likely N-dealkylation sites (N-methyl/N-ethyl adjacent to an activating group) is 1. The van der Waals surface area contributed by atoms with Crippen molar-refractivity contribution in [1.29, 1.82) is 0 Å². The topological polar surface area (TPSA) is 67.6 Å². The maximum atomic E-state index is 11.8. The fraction of sp³-hybridized carbons (Fsp3) is 0.375. The highest BCUT2D eigenvalue weighted by Gasteiger charge is 2.27. The number of rotatable bonds is 6. The van der Waals surface area contributed by atoms with Crippen molar-refractivity contribution in [2.24, 2.45) is 7.05 Å². The van der Waals surface area contributed by atoms with Crippen LogP contribution in [0.2, 0.25) is 0 Å². The van der Waals surface area contributed by atoms with Gasteiger partial charge < -0.3 is 14.4 Å². The van der Waals surface area contributed by atoms with E-state index in [0.717, 1.165) is 22.7 Å². The molecule has 0 aliphatic carbocycles. The van der Waals surface area contributed by atoms with Gasteiger partial charge >= 0.3 is 5.97 Å². The van der Waals surface area contributed by atoms with Crippen LogP contribution in [0.5, 0.6) is 5.75 Å². The van der Waals surface area contributed by atoms with E-state index in [9.17, 15) is 9.90 Å². The Balaban J connectivity index is 2.30. The van der Waals surface area contributed by atoms with E-state index >= 15 is 0 Å². The SMILES string of the molecule is COc1ccc(C(C(=O)O)N(C)Cc2nccn2C)c(C)c1. The number of benzene rings is 1. The number of aryl methyl sites for hydroxylation is 2. The van der Waals surface area contributed by atoms with E-state index in [1.807, 2.05) is 36.9 Å². The van der Waals surface area contributed by atoms with Crippen LogP contribution in [-0.2, 0) is 18.4 Å². The van der Waals surface area contributed by atoms with Gasteiger partial charge in [-0.15, -0.1) is 0 Å². The Bertz CT molecular complexity index is 666. The van der Waals surface area contributed by atoms with Gasteiger partial charge in [0.25, 0.3) is 0 Å². The summed E-state index contributed by atoms with van der Waals surface area (Å²) in [4.78, 5) is 17.8. The molecule has 6 heteroatoms. The Labute approximate surface area is 130 Å². The number of hydrogen-bond donors (Lipinski definition) is 1. The van der Waals surface area contributed by atoms with Crippen molar-refractivity contribution >= 4 is 5.97 Å². The van der Waals surface area contributed by atoms with Crippen LogP contribution in [-0.4, -0.2) is 39.7 Å². The number of methoxy groups -OCH3 is 1. The van der Waals surface area contributed by atoms with Gasteiger partial charge in [0, 0.05) is 19.4 Å². The highest BCUT2D eigenvalue weighted by atomic mass is 16.5. The molecule has 0 saturated carbocycles. The van der Waals surface area contributed by atoms with Crippen LogP contribution in [0.15, 0.2) is 30.6 Å². The molecule has 22 heavy (non-hydrogen) atoms. The normalized spacial score (nSPS) is 12.4. The number of nitrogens with zero attached hydrogens (tertiary/aromatic N) is 3. The third-order valence-corrected chi connectivity index (χ3v) is 3.76. The summed E-state index contributed by atoms with van der Waals surface area (Å²) in [7, 11) is 5.28. The van der Waals surface area contributed by atoms with E-state index in [1.54, 1.807) is 31.3 Å². The summed E-state index contributed by atoms with van der Waals surface area (Å²) in [5, 5.41) is 9.65. The summed E-state index contributed by atoms with van der Waals surface area (Å²) < 4.78 is 7.06. The van der Waals surface area contributed by atoms with Gasteiger partial charge in [0.2, 0.25) is 0 Å². The van der Waals surface area contributed by atoms with Gasteiger partial charge in [0.15, 0.2) is 0 Å². The third-order valence-electron chi connectivity index (χ3n) is 3.76. The Morgan fingerprint density at radius 1 is 1.50 bits per heavy atom. The van der Waals surface area contributed by atoms with Crippen LogP contribution in [0.25, 0.3) is 0 Å². The van der Waals surface area contributed by atoms with Gasteiger partial charge in [-0.1, -0.05) is 6.07 Å². The first-order valence-electron chi connectivity index (χ1n) is 6.97. The first kappa shape index (κ1) is 16.0. The van der Waals surface area contributed by atoms with Crippen LogP contribution >= 0.6 is 0 Å². The Hall–Kier alpha value is -2.34. The fourth-order valence-corrected chi connectivity index (χ4v) is 2.50. The molecule has 2 aromatic rings. The minimum atomic E-state index is -0.884. The van der Waals surface area contributed by atoms with Gasteiger partial charge in [-0.25, -0.2) is 4.98 Å². The number of aliphatic carboxylic acids is 1. The van der Waals surface area contributed by atoms with Gasteiger partial charge in [-0.3, -0.25) is 9.69 Å². The number of ether oxygens (including phenoxy) is 1. The summed E-state index contributed by atoms with van der Waals surface area (Å²) >= 11 is 0. The largest absolute Gasteiger partial charge is 0.497 e. The first-order valence-corrected chi connectivity index (χ1v) is 6.97. The van der Waals surface area contributed by atoms with Gasteiger partial charge in [0.1, 0.15) is 17.6 Å². The van der Waals surface area contributed by atoms with Crippen molar-refractivity contribution in [3.05, 3.63) is 47.5 Å². The average Bonchev–Trinajstić information content (AvgIpc) is 2.86. The molecule has 6 nitrogen and oxygen atoms in total. The van der Waals surface area contributed by atoms with Crippen molar-refractivity contribution in [3.8, 4) is 5.75 Å². The molecule has 0 bridgehead atoms. The van der Waals surface area contributed by atoms with Crippen molar-refractivity contribution in [1.82, 2.24) is 14.5 Å². The molecular weight excluding hydrogens is 282 g/mol. The Morgan fingerprint density at radius 3 is 2.73 bits per heavy atom. The lowest BCUT2D eigenvalue weighted by molar-refractivity contribution is -0.143. The number of imidazole rings is 1. The molecule has 0 spiro atoms. The number of carbonyl (C=O) groups is 1. The van der Waals surface area contributed by atoms with Gasteiger partial charge in [0.05, 0.1) is 13.7 Å². The zero-order valence-corrected chi connectivity index (χ0v) is 13.3. The first-order chi connectivity index (χ1) is 10.4. The van der Waals surface area contributed by atoms with E-state index < -0.39 is 12.0 Å². The molecule has 1 atom stereocenters. The molecule has 1 unspecified atom stereocenters. The van der Waals surface area contributed by atoms with Crippen molar-refractivity contribution in [2.45, 2.75) is 19.5 Å². The Morgan fingerprint density at radius 2 is 2.23 bits per heavy atom. The number of carboxylic acid groups (broad SMARTS) is 1. The van der Waals surface area contributed by atoms with Crippen molar-refractivity contribution in [2.75, 3.05) is 14.2 Å². The molecule has 1 aromatic carbocycles. The number of aromatic nitrogens is 2. The van der Waals surface area contributed by atoms with Crippen LogP contribution in [0, 0.1) is 6.92 Å². The predicted molar refractivity (Wildman–Crippen MR) is 82.8 cm³/mol. The molecule has 0 radical (unpaired) electrons. The van der Waals surface area contributed by atoms with E-state index in [-0.39, 0.29) is 0 Å². The van der Waals surface area contributed by atoms with Crippen molar-refractivity contribution in [3.63, 3.8) is 0 Å². The van der Waals surface area contributed by atoms with Crippen molar-refractivity contribution < 1.29 is 14.6 Å². The summed E-state index contributed by atoms with van der Waals surface area (Å²) in [6, 6.07) is 4.71. The maximum absolute atomic E-state index is 11.8.